The first kappa shape index (κ1) is 15.4. The third-order valence-electron chi connectivity index (χ3n) is 3.32. The van der Waals surface area contributed by atoms with Gasteiger partial charge in [-0.1, -0.05) is 0 Å². The molecule has 0 saturated carbocycles. The predicted molar refractivity (Wildman–Crippen MR) is 75.5 cm³/mol. The van der Waals surface area contributed by atoms with E-state index in [9.17, 15) is 5.11 Å². The predicted octanol–water partition coefficient (Wildman–Crippen LogP) is 0.419. The average molecular weight is 283 g/mol. The summed E-state index contributed by atoms with van der Waals surface area (Å²) in [6.07, 6.45) is 6.68. The van der Waals surface area contributed by atoms with Crippen LogP contribution < -0.4 is 5.32 Å². The highest BCUT2D eigenvalue weighted by molar-refractivity contribution is 4.77. The SMILES string of the molecule is OC(CNCCCn1cccn1)COCC1CCCO1. The number of aliphatic hydroxyl groups excluding tert-OH is 1. The lowest BCUT2D eigenvalue weighted by atomic mass is 10.2. The fourth-order valence-corrected chi connectivity index (χ4v) is 2.24. The molecule has 2 N–H and O–H groups in total. The number of aliphatic hydroxyl groups is 1. The fourth-order valence-electron chi connectivity index (χ4n) is 2.24. The van der Waals surface area contributed by atoms with Gasteiger partial charge in [-0.3, -0.25) is 4.68 Å². The molecule has 0 aliphatic carbocycles. The minimum Gasteiger partial charge on any atom is -0.389 e. The van der Waals surface area contributed by atoms with Crippen molar-refractivity contribution < 1.29 is 14.6 Å². The standard InChI is InChI=1S/C14H25N3O3/c18-13(11-19-12-14-4-1-9-20-14)10-15-5-2-7-17-8-3-6-16-17/h3,6,8,13-15,18H,1-2,4-5,7,9-12H2. The molecule has 2 unspecified atom stereocenters. The van der Waals surface area contributed by atoms with Crippen molar-refractivity contribution in [3.05, 3.63) is 18.5 Å². The van der Waals surface area contributed by atoms with Crippen molar-refractivity contribution in [3.8, 4) is 0 Å². The van der Waals surface area contributed by atoms with Crippen molar-refractivity contribution in [2.75, 3.05) is 32.9 Å². The van der Waals surface area contributed by atoms with Gasteiger partial charge in [-0.2, -0.15) is 5.10 Å². The van der Waals surface area contributed by atoms with Gasteiger partial charge in [0.1, 0.15) is 0 Å². The lowest BCUT2D eigenvalue weighted by Crippen LogP contribution is -2.32. The van der Waals surface area contributed by atoms with E-state index in [1.807, 2.05) is 16.9 Å². The molecule has 0 radical (unpaired) electrons. The molecule has 0 aromatic carbocycles. The Morgan fingerprint density at radius 3 is 3.25 bits per heavy atom. The number of hydrogen-bond donors (Lipinski definition) is 2. The topological polar surface area (TPSA) is 68.5 Å². The van der Waals surface area contributed by atoms with Crippen LogP contribution in [0.1, 0.15) is 19.3 Å². The zero-order chi connectivity index (χ0) is 14.0. The molecule has 2 atom stereocenters. The van der Waals surface area contributed by atoms with Crippen LogP contribution in [-0.4, -0.2) is 60.0 Å². The third kappa shape index (κ3) is 6.00. The highest BCUT2D eigenvalue weighted by Crippen LogP contribution is 2.11. The second kappa shape index (κ2) is 9.07. The quantitative estimate of drug-likeness (QED) is 0.609. The van der Waals surface area contributed by atoms with Gasteiger partial charge in [-0.05, 0) is 31.9 Å². The van der Waals surface area contributed by atoms with Crippen LogP contribution in [0.25, 0.3) is 0 Å². The number of aromatic nitrogens is 2. The summed E-state index contributed by atoms with van der Waals surface area (Å²) in [5, 5.41) is 17.1. The van der Waals surface area contributed by atoms with Crippen LogP contribution in [0.4, 0.5) is 0 Å². The first-order valence-corrected chi connectivity index (χ1v) is 7.40. The molecule has 2 heterocycles. The lowest BCUT2D eigenvalue weighted by molar-refractivity contribution is -0.0163. The van der Waals surface area contributed by atoms with Crippen molar-refractivity contribution in [3.63, 3.8) is 0 Å². The van der Waals surface area contributed by atoms with Gasteiger partial charge in [0.15, 0.2) is 0 Å². The van der Waals surface area contributed by atoms with Crippen LogP contribution in [0.3, 0.4) is 0 Å². The minimum atomic E-state index is -0.457. The zero-order valence-electron chi connectivity index (χ0n) is 11.9. The molecule has 0 amide bonds. The van der Waals surface area contributed by atoms with Gasteiger partial charge >= 0.3 is 0 Å². The Kier molecular flexibility index (Phi) is 7.00. The minimum absolute atomic E-state index is 0.226. The number of nitrogens with one attached hydrogen (secondary N) is 1. The van der Waals surface area contributed by atoms with Crippen LogP contribution in [0.2, 0.25) is 0 Å². The molecule has 1 aliphatic rings. The van der Waals surface area contributed by atoms with Crippen molar-refractivity contribution in [2.24, 2.45) is 0 Å². The Hall–Kier alpha value is -0.950. The molecule has 114 valence electrons. The number of hydrogen-bond acceptors (Lipinski definition) is 5. The van der Waals surface area contributed by atoms with Gasteiger partial charge in [0, 0.05) is 32.1 Å². The lowest BCUT2D eigenvalue weighted by Gasteiger charge is -2.14. The van der Waals surface area contributed by atoms with Crippen LogP contribution in [0.15, 0.2) is 18.5 Å². The number of aryl methyl sites for hydroxylation is 1. The van der Waals surface area contributed by atoms with Crippen molar-refractivity contribution in [2.45, 2.75) is 38.0 Å². The molecule has 20 heavy (non-hydrogen) atoms. The molecule has 1 aromatic heterocycles. The largest absolute Gasteiger partial charge is 0.389 e. The molecule has 0 spiro atoms. The Labute approximate surface area is 120 Å². The first-order valence-electron chi connectivity index (χ1n) is 7.40. The highest BCUT2D eigenvalue weighted by Gasteiger charge is 2.15. The molecule has 1 saturated heterocycles. The van der Waals surface area contributed by atoms with E-state index in [0.717, 1.165) is 39.0 Å². The Bertz CT molecular complexity index is 339. The average Bonchev–Trinajstić information content (AvgIpc) is 3.11. The normalized spacial score (nSPS) is 20.4. The van der Waals surface area contributed by atoms with E-state index in [-0.39, 0.29) is 6.10 Å². The van der Waals surface area contributed by atoms with E-state index >= 15 is 0 Å². The van der Waals surface area contributed by atoms with E-state index in [0.29, 0.717) is 19.8 Å². The van der Waals surface area contributed by atoms with Gasteiger partial charge in [-0.15, -0.1) is 0 Å². The molecular formula is C14H25N3O3. The summed E-state index contributed by atoms with van der Waals surface area (Å²) in [6, 6.07) is 1.92. The summed E-state index contributed by atoms with van der Waals surface area (Å²) < 4.78 is 12.8. The van der Waals surface area contributed by atoms with E-state index in [1.165, 1.54) is 0 Å². The molecule has 6 nitrogen and oxygen atoms in total. The van der Waals surface area contributed by atoms with Crippen LogP contribution in [-0.2, 0) is 16.0 Å². The van der Waals surface area contributed by atoms with Crippen LogP contribution in [0.5, 0.6) is 0 Å². The smallest absolute Gasteiger partial charge is 0.0897 e. The molecule has 1 fully saturated rings. The van der Waals surface area contributed by atoms with Gasteiger partial charge in [-0.25, -0.2) is 0 Å². The maximum atomic E-state index is 9.76. The summed E-state index contributed by atoms with van der Waals surface area (Å²) in [5.74, 6) is 0. The van der Waals surface area contributed by atoms with Crippen LogP contribution in [0, 0.1) is 0 Å². The van der Waals surface area contributed by atoms with Crippen molar-refractivity contribution in [1.29, 1.82) is 0 Å². The Morgan fingerprint density at radius 1 is 1.55 bits per heavy atom. The number of ether oxygens (including phenoxy) is 2. The van der Waals surface area contributed by atoms with Crippen LogP contribution >= 0.6 is 0 Å². The number of rotatable bonds is 10. The van der Waals surface area contributed by atoms with E-state index in [2.05, 4.69) is 10.4 Å². The van der Waals surface area contributed by atoms with Gasteiger partial charge in [0.25, 0.3) is 0 Å². The Morgan fingerprint density at radius 2 is 2.50 bits per heavy atom. The first-order chi connectivity index (χ1) is 9.84. The number of nitrogens with zero attached hydrogens (tertiary/aromatic N) is 2. The van der Waals surface area contributed by atoms with Crippen molar-refractivity contribution in [1.82, 2.24) is 15.1 Å². The second-order valence-corrected chi connectivity index (χ2v) is 5.15. The summed E-state index contributed by atoms with van der Waals surface area (Å²) in [4.78, 5) is 0. The van der Waals surface area contributed by atoms with E-state index < -0.39 is 6.10 Å². The third-order valence-corrected chi connectivity index (χ3v) is 3.32. The molecule has 1 aromatic rings. The molecule has 0 bridgehead atoms. The molecule has 2 rings (SSSR count). The highest BCUT2D eigenvalue weighted by atomic mass is 16.5. The van der Waals surface area contributed by atoms with Gasteiger partial charge in [0.05, 0.1) is 25.4 Å². The van der Waals surface area contributed by atoms with Gasteiger partial charge in [0.2, 0.25) is 0 Å². The van der Waals surface area contributed by atoms with Gasteiger partial charge < -0.3 is 19.9 Å². The summed E-state index contributed by atoms with van der Waals surface area (Å²) in [6.45, 7) is 4.12. The Balaban J connectivity index is 1.40. The van der Waals surface area contributed by atoms with E-state index in [4.69, 9.17) is 9.47 Å². The fraction of sp³-hybridized carbons (Fsp3) is 0.786. The summed E-state index contributed by atoms with van der Waals surface area (Å²) in [5.41, 5.74) is 0. The monoisotopic (exact) mass is 283 g/mol. The maximum absolute atomic E-state index is 9.76. The maximum Gasteiger partial charge on any atom is 0.0897 e. The molecule has 6 heteroatoms. The summed E-state index contributed by atoms with van der Waals surface area (Å²) in [7, 11) is 0. The molecule has 1 aliphatic heterocycles. The van der Waals surface area contributed by atoms with E-state index in [1.54, 1.807) is 6.20 Å². The molecular weight excluding hydrogens is 258 g/mol. The second-order valence-electron chi connectivity index (χ2n) is 5.15. The summed E-state index contributed by atoms with van der Waals surface area (Å²) >= 11 is 0. The zero-order valence-corrected chi connectivity index (χ0v) is 11.9. The van der Waals surface area contributed by atoms with Crippen molar-refractivity contribution >= 4 is 0 Å².